The fraction of sp³-hybridized carbons (Fsp3) is 0.333. The predicted octanol–water partition coefficient (Wildman–Crippen LogP) is 3.22. The zero-order valence-corrected chi connectivity index (χ0v) is 17.6. The van der Waals surface area contributed by atoms with Crippen LogP contribution in [0.15, 0.2) is 42.1 Å². The Kier molecular flexibility index (Phi) is 4.45. The second-order valence-electron chi connectivity index (χ2n) is 8.79. The van der Waals surface area contributed by atoms with Gasteiger partial charge in [0.05, 0.1) is 18.7 Å². The zero-order chi connectivity index (χ0) is 21.7. The van der Waals surface area contributed by atoms with E-state index in [0.717, 1.165) is 49.3 Å². The van der Waals surface area contributed by atoms with Crippen molar-refractivity contribution in [3.05, 3.63) is 58.8 Å². The molecule has 0 spiro atoms. The summed E-state index contributed by atoms with van der Waals surface area (Å²) in [6.45, 7) is 0. The van der Waals surface area contributed by atoms with Crippen molar-refractivity contribution < 1.29 is 9.59 Å². The molecule has 3 N–H and O–H groups in total. The smallest absolute Gasteiger partial charge is 0.254 e. The maximum Gasteiger partial charge on any atom is 0.254 e. The third-order valence-corrected chi connectivity index (χ3v) is 6.35. The number of amides is 2. The summed E-state index contributed by atoms with van der Waals surface area (Å²) in [7, 11) is 0. The third kappa shape index (κ3) is 3.51. The lowest BCUT2D eigenvalue weighted by Crippen LogP contribution is -2.19. The fourth-order valence-electron chi connectivity index (χ4n) is 4.59. The number of nitrogens with one attached hydrogen (secondary N) is 3. The van der Waals surface area contributed by atoms with Crippen molar-refractivity contribution >= 4 is 35.2 Å². The number of hydrogen-bond acceptors (Lipinski definition) is 6. The molecule has 2 fully saturated rings. The number of hydrogen-bond donors (Lipinski definition) is 3. The number of carbonyl (C=O) groups is 2. The first-order chi connectivity index (χ1) is 15.6. The number of rotatable bonds is 5. The molecule has 3 aliphatic rings. The van der Waals surface area contributed by atoms with Gasteiger partial charge in [-0.05, 0) is 49.3 Å². The van der Waals surface area contributed by atoms with Crippen molar-refractivity contribution in [2.75, 3.05) is 10.6 Å². The van der Waals surface area contributed by atoms with Gasteiger partial charge in [-0.2, -0.15) is 9.61 Å². The summed E-state index contributed by atoms with van der Waals surface area (Å²) >= 11 is 0. The minimum atomic E-state index is -0.348. The number of nitrogens with zero attached hydrogens (tertiary/aromatic N) is 3. The van der Waals surface area contributed by atoms with Gasteiger partial charge in [0, 0.05) is 23.2 Å². The lowest BCUT2D eigenvalue weighted by Gasteiger charge is -2.27. The van der Waals surface area contributed by atoms with Crippen molar-refractivity contribution in [3.63, 3.8) is 0 Å². The number of aryl methyl sites for hydroxylation is 1. The molecule has 0 bridgehead atoms. The molecule has 162 valence electrons. The van der Waals surface area contributed by atoms with Gasteiger partial charge < -0.3 is 10.6 Å². The van der Waals surface area contributed by atoms with E-state index >= 15 is 0 Å². The Bertz CT molecular complexity index is 1270. The molecule has 1 saturated carbocycles. The Morgan fingerprint density at radius 1 is 1.12 bits per heavy atom. The van der Waals surface area contributed by atoms with E-state index in [2.05, 4.69) is 45.3 Å². The van der Waals surface area contributed by atoms with Gasteiger partial charge >= 0.3 is 0 Å². The summed E-state index contributed by atoms with van der Waals surface area (Å²) in [5, 5.41) is 14.0. The summed E-state index contributed by atoms with van der Waals surface area (Å²) in [6.07, 6.45) is 9.08. The van der Waals surface area contributed by atoms with E-state index in [0.29, 0.717) is 17.3 Å². The van der Waals surface area contributed by atoms with Crippen LogP contribution in [-0.4, -0.2) is 32.5 Å². The highest BCUT2D eigenvalue weighted by molar-refractivity contribution is 6.15. The number of fused-ring (bicyclic) bond motifs is 2. The van der Waals surface area contributed by atoms with Crippen molar-refractivity contribution in [2.24, 2.45) is 0 Å². The van der Waals surface area contributed by atoms with Crippen LogP contribution in [0.3, 0.4) is 0 Å². The van der Waals surface area contributed by atoms with E-state index < -0.39 is 0 Å². The maximum atomic E-state index is 12.0. The molecule has 0 radical (unpaired) electrons. The molecule has 3 aromatic rings. The van der Waals surface area contributed by atoms with Crippen LogP contribution >= 0.6 is 0 Å². The number of aromatic nitrogens is 3. The molecule has 6 rings (SSSR count). The predicted molar refractivity (Wildman–Crippen MR) is 121 cm³/mol. The number of carbonyl (C=O) groups excluding carboxylic acids is 2. The van der Waals surface area contributed by atoms with Crippen molar-refractivity contribution in [1.29, 1.82) is 0 Å². The van der Waals surface area contributed by atoms with Crippen LogP contribution in [0.25, 0.3) is 11.7 Å². The molecule has 1 saturated heterocycles. The Balaban J connectivity index is 1.40. The van der Waals surface area contributed by atoms with Gasteiger partial charge in [0.1, 0.15) is 11.6 Å². The molecule has 2 aliphatic carbocycles. The van der Waals surface area contributed by atoms with Gasteiger partial charge in [-0.25, -0.2) is 4.98 Å². The van der Waals surface area contributed by atoms with Crippen molar-refractivity contribution in [2.45, 2.75) is 50.6 Å². The lowest BCUT2D eigenvalue weighted by atomic mass is 9.88. The maximum absolute atomic E-state index is 12.0. The van der Waals surface area contributed by atoms with Crippen molar-refractivity contribution in [1.82, 2.24) is 19.9 Å². The first-order valence-corrected chi connectivity index (χ1v) is 11.2. The SMILES string of the molecule is O=C1C/C(=C\c2cnn3c(NC4CC4)cc(NC4CCCc5ccccc54)nc23)C(=O)N1. The van der Waals surface area contributed by atoms with Crippen LogP contribution in [0.4, 0.5) is 11.6 Å². The molecule has 8 heteroatoms. The molecule has 1 aromatic carbocycles. The summed E-state index contributed by atoms with van der Waals surface area (Å²) < 4.78 is 1.78. The fourth-order valence-corrected chi connectivity index (χ4v) is 4.59. The second-order valence-corrected chi connectivity index (χ2v) is 8.79. The Morgan fingerprint density at radius 3 is 2.81 bits per heavy atom. The van der Waals surface area contributed by atoms with E-state index in [9.17, 15) is 9.59 Å². The highest BCUT2D eigenvalue weighted by Gasteiger charge is 2.26. The largest absolute Gasteiger partial charge is 0.367 e. The Morgan fingerprint density at radius 2 is 2.00 bits per heavy atom. The first kappa shape index (κ1) is 19.0. The van der Waals surface area contributed by atoms with Crippen LogP contribution in [0.2, 0.25) is 0 Å². The monoisotopic (exact) mass is 428 g/mol. The van der Waals surface area contributed by atoms with Gasteiger partial charge in [-0.15, -0.1) is 0 Å². The van der Waals surface area contributed by atoms with Crippen LogP contribution in [0.5, 0.6) is 0 Å². The number of benzene rings is 1. The highest BCUT2D eigenvalue weighted by Crippen LogP contribution is 2.34. The van der Waals surface area contributed by atoms with Crippen molar-refractivity contribution in [3.8, 4) is 0 Å². The van der Waals surface area contributed by atoms with Crippen LogP contribution in [-0.2, 0) is 16.0 Å². The standard InChI is InChI=1S/C24H24N6O2/c31-22-11-15(24(32)29-22)10-16-13-25-30-21(26-17-8-9-17)12-20(28-23(16)30)27-19-7-3-5-14-4-1-2-6-18(14)19/h1-2,4,6,10,12-13,17,19,26H,3,5,7-9,11H2,(H,27,28)(H,29,31,32)/b15-10+. The van der Waals surface area contributed by atoms with E-state index in [1.165, 1.54) is 11.1 Å². The quantitative estimate of drug-likeness (QED) is 0.426. The highest BCUT2D eigenvalue weighted by atomic mass is 16.2. The number of anilines is 2. The summed E-state index contributed by atoms with van der Waals surface area (Å²) in [4.78, 5) is 28.5. The third-order valence-electron chi connectivity index (χ3n) is 6.35. The van der Waals surface area contributed by atoms with E-state index in [4.69, 9.17) is 4.98 Å². The molecule has 32 heavy (non-hydrogen) atoms. The minimum Gasteiger partial charge on any atom is -0.367 e. The molecule has 2 amide bonds. The summed E-state index contributed by atoms with van der Waals surface area (Å²) in [6, 6.07) is 11.2. The normalized spacial score (nSPS) is 21.6. The van der Waals surface area contributed by atoms with Gasteiger partial charge in [0.25, 0.3) is 5.91 Å². The van der Waals surface area contributed by atoms with Gasteiger partial charge in [-0.1, -0.05) is 24.3 Å². The molecular weight excluding hydrogens is 404 g/mol. The molecular formula is C24H24N6O2. The lowest BCUT2D eigenvalue weighted by molar-refractivity contribution is -0.124. The zero-order valence-electron chi connectivity index (χ0n) is 17.6. The van der Waals surface area contributed by atoms with E-state index in [1.54, 1.807) is 16.8 Å². The first-order valence-electron chi connectivity index (χ1n) is 11.2. The minimum absolute atomic E-state index is 0.0835. The van der Waals surface area contributed by atoms with Crippen LogP contribution < -0.4 is 16.0 Å². The Hall–Kier alpha value is -3.68. The second kappa shape index (κ2) is 7.47. The summed E-state index contributed by atoms with van der Waals surface area (Å²) in [5.74, 6) is 1.02. The van der Waals surface area contributed by atoms with E-state index in [-0.39, 0.29) is 24.3 Å². The van der Waals surface area contributed by atoms with Crippen LogP contribution in [0, 0.1) is 0 Å². The van der Waals surface area contributed by atoms with Gasteiger partial charge in [-0.3, -0.25) is 14.9 Å². The molecule has 2 aromatic heterocycles. The number of imide groups is 1. The average Bonchev–Trinajstić information content (AvgIpc) is 3.42. The molecule has 3 heterocycles. The van der Waals surface area contributed by atoms with Gasteiger partial charge in [0.2, 0.25) is 5.91 Å². The average molecular weight is 428 g/mol. The molecule has 1 aliphatic heterocycles. The molecule has 1 atom stereocenters. The topological polar surface area (TPSA) is 100 Å². The molecule has 1 unspecified atom stereocenters. The van der Waals surface area contributed by atoms with Crippen LogP contribution in [0.1, 0.15) is 54.8 Å². The molecule has 8 nitrogen and oxygen atoms in total. The summed E-state index contributed by atoms with van der Waals surface area (Å²) in [5.41, 5.74) is 4.52. The van der Waals surface area contributed by atoms with E-state index in [1.807, 2.05) is 6.07 Å². The Labute approximate surface area is 185 Å². The van der Waals surface area contributed by atoms with Gasteiger partial charge in [0.15, 0.2) is 5.65 Å².